The zero-order valence-corrected chi connectivity index (χ0v) is 17.5. The van der Waals surface area contributed by atoms with Gasteiger partial charge in [-0.25, -0.2) is 4.98 Å². The van der Waals surface area contributed by atoms with Gasteiger partial charge in [0.05, 0.1) is 36.3 Å². The van der Waals surface area contributed by atoms with E-state index in [2.05, 4.69) is 10.3 Å². The van der Waals surface area contributed by atoms with E-state index in [0.29, 0.717) is 5.13 Å². The number of nitrogens with zero attached hydrogens (tertiary/aromatic N) is 1. The summed E-state index contributed by atoms with van der Waals surface area (Å²) >= 11 is 1.37. The first-order valence-corrected chi connectivity index (χ1v) is 10.3. The molecule has 2 aromatic carbocycles. The van der Waals surface area contributed by atoms with Gasteiger partial charge in [0.15, 0.2) is 5.13 Å². The molecule has 0 fully saturated rings. The van der Waals surface area contributed by atoms with Crippen LogP contribution < -0.4 is 10.1 Å². The van der Waals surface area contributed by atoms with Crippen molar-refractivity contribution in [1.82, 2.24) is 4.98 Å². The Balaban J connectivity index is 1.82. The van der Waals surface area contributed by atoms with Gasteiger partial charge < -0.3 is 14.8 Å². The molecule has 0 aliphatic carbocycles. The monoisotopic (exact) mass is 412 g/mol. The lowest BCUT2D eigenvalue weighted by molar-refractivity contribution is -0.146. The number of hydrogen-bond acceptors (Lipinski definition) is 6. The first-order chi connectivity index (χ1) is 14.0. The fraction of sp³-hybridized carbons (Fsp3) is 0.318. The molecule has 0 aliphatic rings. The number of aromatic nitrogens is 1. The molecule has 7 heteroatoms. The molecule has 1 amide bonds. The average molecular weight is 413 g/mol. The average Bonchev–Trinajstić information content (AvgIpc) is 3.13. The molecule has 0 saturated heterocycles. The zero-order valence-electron chi connectivity index (χ0n) is 16.7. The molecule has 1 N–H and O–H groups in total. The number of esters is 1. The zero-order chi connectivity index (χ0) is 20.8. The Bertz CT molecular complexity index is 987. The van der Waals surface area contributed by atoms with Crippen molar-refractivity contribution in [3.05, 3.63) is 54.1 Å². The van der Waals surface area contributed by atoms with Gasteiger partial charge in [-0.1, -0.05) is 48.6 Å². The van der Waals surface area contributed by atoms with Gasteiger partial charge in [0, 0.05) is 0 Å². The number of carbonyl (C=O) groups excluding carboxylic acids is 2. The lowest BCUT2D eigenvalue weighted by Crippen LogP contribution is -2.30. The summed E-state index contributed by atoms with van der Waals surface area (Å²) in [5.41, 5.74) is 1.77. The second-order valence-electron chi connectivity index (χ2n) is 6.66. The number of nitrogens with one attached hydrogen (secondary N) is 1. The lowest BCUT2D eigenvalue weighted by atomic mass is 9.84. The maximum atomic E-state index is 13.1. The summed E-state index contributed by atoms with van der Waals surface area (Å²) in [7, 11) is 1.61. The number of thiazole rings is 1. The highest BCUT2D eigenvalue weighted by molar-refractivity contribution is 7.22. The van der Waals surface area contributed by atoms with Crippen LogP contribution in [0.5, 0.6) is 5.75 Å². The summed E-state index contributed by atoms with van der Waals surface area (Å²) < 4.78 is 11.2. The minimum atomic E-state index is -0.571. The normalized spacial score (nSPS) is 12.9. The van der Waals surface area contributed by atoms with Crippen molar-refractivity contribution >= 4 is 38.6 Å². The molecule has 29 heavy (non-hydrogen) atoms. The van der Waals surface area contributed by atoms with Crippen molar-refractivity contribution in [3.8, 4) is 5.75 Å². The predicted octanol–water partition coefficient (Wildman–Crippen LogP) is 4.62. The van der Waals surface area contributed by atoms with Crippen molar-refractivity contribution in [2.24, 2.45) is 5.92 Å². The minimum absolute atomic E-state index is 0.00839. The lowest BCUT2D eigenvalue weighted by Gasteiger charge is -2.22. The van der Waals surface area contributed by atoms with Crippen molar-refractivity contribution in [1.29, 1.82) is 0 Å². The SMILES string of the molecule is CCOC(=O)C[C@@H](C(=O)Nc1nc2ccc(OC)cc2s1)[C@@H](C)c1ccccc1. The number of methoxy groups -OCH3 is 1. The van der Waals surface area contributed by atoms with Crippen LogP contribution in [0.1, 0.15) is 31.7 Å². The van der Waals surface area contributed by atoms with Crippen LogP contribution in [0, 0.1) is 5.92 Å². The molecule has 2 atom stereocenters. The van der Waals surface area contributed by atoms with E-state index in [1.165, 1.54) is 11.3 Å². The Kier molecular flexibility index (Phi) is 6.82. The molecule has 0 saturated carbocycles. The Morgan fingerprint density at radius 3 is 2.62 bits per heavy atom. The van der Waals surface area contributed by atoms with Gasteiger partial charge in [0.1, 0.15) is 5.75 Å². The standard InChI is InChI=1S/C22H24N2O4S/c1-4-28-20(25)13-17(14(2)15-8-6-5-7-9-15)21(26)24-22-23-18-11-10-16(27-3)12-19(18)29-22/h5-12,14,17H,4,13H2,1-3H3,(H,23,24,26)/t14-,17+/m0/s1. The van der Waals surface area contributed by atoms with Crippen LogP contribution in [0.3, 0.4) is 0 Å². The number of rotatable bonds is 8. The molecule has 3 rings (SSSR count). The van der Waals surface area contributed by atoms with E-state index in [4.69, 9.17) is 9.47 Å². The molecule has 1 aromatic heterocycles. The summed E-state index contributed by atoms with van der Waals surface area (Å²) in [4.78, 5) is 29.7. The van der Waals surface area contributed by atoms with E-state index in [0.717, 1.165) is 21.5 Å². The number of ether oxygens (including phenoxy) is 2. The van der Waals surface area contributed by atoms with E-state index in [-0.39, 0.29) is 30.8 Å². The predicted molar refractivity (Wildman–Crippen MR) is 114 cm³/mol. The molecule has 0 radical (unpaired) electrons. The number of hydrogen-bond donors (Lipinski definition) is 1. The quantitative estimate of drug-likeness (QED) is 0.547. The highest BCUT2D eigenvalue weighted by atomic mass is 32.1. The first kappa shape index (κ1) is 20.8. The Morgan fingerprint density at radius 2 is 1.93 bits per heavy atom. The molecule has 6 nitrogen and oxygen atoms in total. The van der Waals surface area contributed by atoms with Crippen molar-refractivity contribution in [3.63, 3.8) is 0 Å². The van der Waals surface area contributed by atoms with Crippen LogP contribution in [0.4, 0.5) is 5.13 Å². The van der Waals surface area contributed by atoms with Gasteiger partial charge in [-0.3, -0.25) is 9.59 Å². The van der Waals surface area contributed by atoms with Crippen molar-refractivity contribution in [2.45, 2.75) is 26.2 Å². The number of benzene rings is 2. The molecule has 0 unspecified atom stereocenters. The molecule has 3 aromatic rings. The van der Waals surface area contributed by atoms with Crippen LogP contribution in [0.25, 0.3) is 10.2 Å². The van der Waals surface area contributed by atoms with Gasteiger partial charge in [-0.2, -0.15) is 0 Å². The summed E-state index contributed by atoms with van der Waals surface area (Å²) in [6.45, 7) is 3.98. The third-order valence-electron chi connectivity index (χ3n) is 4.78. The summed E-state index contributed by atoms with van der Waals surface area (Å²) in [5.74, 6) is -0.630. The Hall–Kier alpha value is -2.93. The molecule has 0 aliphatic heterocycles. The van der Waals surface area contributed by atoms with Crippen molar-refractivity contribution < 1.29 is 19.1 Å². The molecule has 1 heterocycles. The van der Waals surface area contributed by atoms with Crippen molar-refractivity contribution in [2.75, 3.05) is 19.0 Å². The molecule has 152 valence electrons. The van der Waals surface area contributed by atoms with Gasteiger partial charge >= 0.3 is 5.97 Å². The van der Waals surface area contributed by atoms with Crippen LogP contribution in [0.15, 0.2) is 48.5 Å². The summed E-state index contributed by atoms with van der Waals surface area (Å²) in [6.07, 6.45) is 0.00839. The van der Waals surface area contributed by atoms with E-state index in [1.807, 2.05) is 55.5 Å². The first-order valence-electron chi connectivity index (χ1n) is 9.47. The van der Waals surface area contributed by atoms with E-state index in [1.54, 1.807) is 14.0 Å². The topological polar surface area (TPSA) is 77.5 Å². The van der Waals surface area contributed by atoms with Crippen LogP contribution in [-0.4, -0.2) is 30.6 Å². The van der Waals surface area contributed by atoms with Crippen LogP contribution in [0.2, 0.25) is 0 Å². The number of fused-ring (bicyclic) bond motifs is 1. The number of carbonyl (C=O) groups is 2. The van der Waals surface area contributed by atoms with E-state index < -0.39 is 5.92 Å². The Morgan fingerprint density at radius 1 is 1.17 bits per heavy atom. The smallest absolute Gasteiger partial charge is 0.306 e. The van der Waals surface area contributed by atoms with Gasteiger partial charge in [-0.15, -0.1) is 0 Å². The second kappa shape index (κ2) is 9.52. The third kappa shape index (κ3) is 5.12. The van der Waals surface area contributed by atoms with Gasteiger partial charge in [0.25, 0.3) is 0 Å². The fourth-order valence-electron chi connectivity index (χ4n) is 3.17. The van der Waals surface area contributed by atoms with Gasteiger partial charge in [-0.05, 0) is 36.6 Å². The van der Waals surface area contributed by atoms with E-state index in [9.17, 15) is 9.59 Å². The summed E-state index contributed by atoms with van der Waals surface area (Å²) in [5, 5.41) is 3.38. The highest BCUT2D eigenvalue weighted by Gasteiger charge is 2.30. The largest absolute Gasteiger partial charge is 0.497 e. The van der Waals surface area contributed by atoms with Gasteiger partial charge in [0.2, 0.25) is 5.91 Å². The second-order valence-corrected chi connectivity index (χ2v) is 7.69. The molecule has 0 bridgehead atoms. The highest BCUT2D eigenvalue weighted by Crippen LogP contribution is 2.32. The molecular formula is C22H24N2O4S. The Labute approximate surface area is 173 Å². The van der Waals surface area contributed by atoms with Crippen LogP contribution >= 0.6 is 11.3 Å². The number of anilines is 1. The summed E-state index contributed by atoms with van der Waals surface area (Å²) in [6, 6.07) is 15.2. The van der Waals surface area contributed by atoms with E-state index >= 15 is 0 Å². The third-order valence-corrected chi connectivity index (χ3v) is 5.72. The number of amides is 1. The minimum Gasteiger partial charge on any atom is -0.497 e. The fourth-order valence-corrected chi connectivity index (χ4v) is 4.07. The maximum Gasteiger partial charge on any atom is 0.306 e. The molecule has 0 spiro atoms. The molecular weight excluding hydrogens is 388 g/mol. The maximum absolute atomic E-state index is 13.1. The van der Waals surface area contributed by atoms with Crippen LogP contribution in [-0.2, 0) is 14.3 Å².